The number of carbonyl (C=O) groups is 2. The van der Waals surface area contributed by atoms with Crippen molar-refractivity contribution in [1.82, 2.24) is 0 Å². The van der Waals surface area contributed by atoms with Gasteiger partial charge in [-0.2, -0.15) is 0 Å². The Bertz CT molecular complexity index is 816. The average molecular weight is 326 g/mol. The molecule has 5 heteroatoms. The second kappa shape index (κ2) is 6.62. The SMILES string of the molecule is COC(=O)Cc1cc(C(=O)c2ccco2)sc1-c1ccccc1. The summed E-state index contributed by atoms with van der Waals surface area (Å²) in [5, 5.41) is 0. The van der Waals surface area contributed by atoms with Crippen LogP contribution in [0.15, 0.2) is 59.2 Å². The first-order chi connectivity index (χ1) is 11.2. The molecule has 0 amide bonds. The summed E-state index contributed by atoms with van der Waals surface area (Å²) in [6.45, 7) is 0. The number of ether oxygens (including phenoxy) is 1. The topological polar surface area (TPSA) is 56.5 Å². The summed E-state index contributed by atoms with van der Waals surface area (Å²) in [5.74, 6) is -0.235. The molecule has 0 saturated carbocycles. The van der Waals surface area contributed by atoms with Crippen molar-refractivity contribution in [3.8, 4) is 10.4 Å². The monoisotopic (exact) mass is 326 g/mol. The second-order valence-electron chi connectivity index (χ2n) is 4.89. The summed E-state index contributed by atoms with van der Waals surface area (Å²) in [6.07, 6.45) is 1.59. The molecular formula is C18H14O4S. The maximum Gasteiger partial charge on any atom is 0.310 e. The van der Waals surface area contributed by atoms with Gasteiger partial charge in [-0.15, -0.1) is 11.3 Å². The highest BCUT2D eigenvalue weighted by Gasteiger charge is 2.20. The van der Waals surface area contributed by atoms with E-state index in [2.05, 4.69) is 0 Å². The molecule has 2 heterocycles. The third-order valence-electron chi connectivity index (χ3n) is 3.38. The van der Waals surface area contributed by atoms with Crippen LogP contribution in [0.1, 0.15) is 21.0 Å². The number of esters is 1. The average Bonchev–Trinajstić information content (AvgIpc) is 3.25. The molecule has 2 aromatic heterocycles. The van der Waals surface area contributed by atoms with Crippen molar-refractivity contribution in [2.75, 3.05) is 7.11 Å². The van der Waals surface area contributed by atoms with Gasteiger partial charge in [0.2, 0.25) is 5.78 Å². The minimum atomic E-state index is -0.336. The highest BCUT2D eigenvalue weighted by atomic mass is 32.1. The molecule has 0 aliphatic rings. The summed E-state index contributed by atoms with van der Waals surface area (Å²) < 4.78 is 9.92. The lowest BCUT2D eigenvalue weighted by Crippen LogP contribution is -2.04. The van der Waals surface area contributed by atoms with E-state index in [1.54, 1.807) is 18.2 Å². The van der Waals surface area contributed by atoms with Gasteiger partial charge in [0, 0.05) is 4.88 Å². The number of furan rings is 1. The zero-order valence-electron chi connectivity index (χ0n) is 12.4. The molecule has 0 aliphatic carbocycles. The lowest BCUT2D eigenvalue weighted by Gasteiger charge is -2.02. The standard InChI is InChI=1S/C18H14O4S/c1-21-16(19)11-13-10-15(17(20)14-8-5-9-22-14)23-18(13)12-6-3-2-4-7-12/h2-10H,11H2,1H3. The number of hydrogen-bond donors (Lipinski definition) is 0. The zero-order valence-corrected chi connectivity index (χ0v) is 13.3. The summed E-state index contributed by atoms with van der Waals surface area (Å²) in [5.41, 5.74) is 1.75. The largest absolute Gasteiger partial charge is 0.469 e. The van der Waals surface area contributed by atoms with Crippen LogP contribution in [0.3, 0.4) is 0 Å². The molecule has 0 atom stereocenters. The van der Waals surface area contributed by atoms with E-state index in [1.165, 1.54) is 24.7 Å². The third kappa shape index (κ3) is 3.24. The molecule has 23 heavy (non-hydrogen) atoms. The van der Waals surface area contributed by atoms with E-state index in [9.17, 15) is 9.59 Å². The van der Waals surface area contributed by atoms with Crippen LogP contribution in [0.2, 0.25) is 0 Å². The first-order valence-electron chi connectivity index (χ1n) is 7.02. The molecule has 0 spiro atoms. The smallest absolute Gasteiger partial charge is 0.310 e. The van der Waals surface area contributed by atoms with Crippen molar-refractivity contribution in [3.05, 3.63) is 71.0 Å². The summed E-state index contributed by atoms with van der Waals surface area (Å²) in [7, 11) is 1.35. The van der Waals surface area contributed by atoms with Gasteiger partial charge in [0.05, 0.1) is 24.7 Å². The Morgan fingerprint density at radius 3 is 2.57 bits per heavy atom. The van der Waals surface area contributed by atoms with Crippen molar-refractivity contribution >= 4 is 23.1 Å². The highest BCUT2D eigenvalue weighted by molar-refractivity contribution is 7.17. The number of carbonyl (C=O) groups excluding carboxylic acids is 2. The molecule has 0 radical (unpaired) electrons. The van der Waals surface area contributed by atoms with E-state index in [0.29, 0.717) is 4.88 Å². The zero-order chi connectivity index (χ0) is 16.2. The van der Waals surface area contributed by atoms with Gasteiger partial charge in [-0.05, 0) is 29.3 Å². The molecule has 0 bridgehead atoms. The molecule has 3 rings (SSSR count). The van der Waals surface area contributed by atoms with Crippen molar-refractivity contribution in [1.29, 1.82) is 0 Å². The summed E-state index contributed by atoms with van der Waals surface area (Å²) in [6, 6.07) is 14.7. The van der Waals surface area contributed by atoms with Crippen LogP contribution in [-0.2, 0) is 16.0 Å². The minimum absolute atomic E-state index is 0.128. The van der Waals surface area contributed by atoms with Gasteiger partial charge in [0.15, 0.2) is 5.76 Å². The van der Waals surface area contributed by atoms with E-state index in [0.717, 1.165) is 16.0 Å². The molecule has 0 fully saturated rings. The van der Waals surface area contributed by atoms with Crippen molar-refractivity contribution < 1.29 is 18.7 Å². The number of methoxy groups -OCH3 is 1. The summed E-state index contributed by atoms with van der Waals surface area (Å²) in [4.78, 5) is 25.5. The van der Waals surface area contributed by atoms with E-state index < -0.39 is 0 Å². The third-order valence-corrected chi connectivity index (χ3v) is 4.60. The van der Waals surface area contributed by atoms with Crippen LogP contribution in [0.4, 0.5) is 0 Å². The molecule has 0 unspecified atom stereocenters. The first-order valence-corrected chi connectivity index (χ1v) is 7.84. The van der Waals surface area contributed by atoms with Crippen LogP contribution < -0.4 is 0 Å². The minimum Gasteiger partial charge on any atom is -0.469 e. The number of thiophene rings is 1. The van der Waals surface area contributed by atoms with Gasteiger partial charge in [-0.1, -0.05) is 30.3 Å². The van der Waals surface area contributed by atoms with Gasteiger partial charge in [-0.3, -0.25) is 9.59 Å². The predicted octanol–water partition coefficient (Wildman–Crippen LogP) is 3.95. The maximum absolute atomic E-state index is 12.5. The Kier molecular flexibility index (Phi) is 4.39. The van der Waals surface area contributed by atoms with Crippen LogP contribution in [0.5, 0.6) is 0 Å². The fourth-order valence-electron chi connectivity index (χ4n) is 2.26. The van der Waals surface area contributed by atoms with Crippen molar-refractivity contribution in [2.24, 2.45) is 0 Å². The van der Waals surface area contributed by atoms with Gasteiger partial charge >= 0.3 is 5.97 Å². The Labute approximate surface area is 137 Å². The Morgan fingerprint density at radius 2 is 1.91 bits per heavy atom. The van der Waals surface area contributed by atoms with Gasteiger partial charge < -0.3 is 9.15 Å². The van der Waals surface area contributed by atoms with Crippen LogP contribution in [0.25, 0.3) is 10.4 Å². The Hall–Kier alpha value is -2.66. The van der Waals surface area contributed by atoms with E-state index >= 15 is 0 Å². The van der Waals surface area contributed by atoms with Gasteiger partial charge in [0.1, 0.15) is 0 Å². The van der Waals surface area contributed by atoms with Crippen molar-refractivity contribution in [3.63, 3.8) is 0 Å². The molecule has 1 aromatic carbocycles. The number of benzene rings is 1. The highest BCUT2D eigenvalue weighted by Crippen LogP contribution is 2.34. The van der Waals surface area contributed by atoms with Gasteiger partial charge in [0.25, 0.3) is 0 Å². The predicted molar refractivity (Wildman–Crippen MR) is 87.6 cm³/mol. The first kappa shape index (κ1) is 15.2. The van der Waals surface area contributed by atoms with Crippen LogP contribution in [0, 0.1) is 0 Å². The molecule has 116 valence electrons. The molecular weight excluding hydrogens is 312 g/mol. The fourth-order valence-corrected chi connectivity index (χ4v) is 3.39. The van der Waals surface area contributed by atoms with Crippen LogP contribution >= 0.6 is 11.3 Å². The van der Waals surface area contributed by atoms with E-state index in [4.69, 9.17) is 9.15 Å². The molecule has 0 aliphatic heterocycles. The molecule has 3 aromatic rings. The van der Waals surface area contributed by atoms with E-state index in [1.807, 2.05) is 30.3 Å². The van der Waals surface area contributed by atoms with Gasteiger partial charge in [-0.25, -0.2) is 0 Å². The molecule has 0 N–H and O–H groups in total. The summed E-state index contributed by atoms with van der Waals surface area (Å²) >= 11 is 1.35. The van der Waals surface area contributed by atoms with E-state index in [-0.39, 0.29) is 23.9 Å². The quantitative estimate of drug-likeness (QED) is 0.526. The lowest BCUT2D eigenvalue weighted by molar-refractivity contribution is -0.139. The Balaban J connectivity index is 2.03. The number of hydrogen-bond acceptors (Lipinski definition) is 5. The molecule has 0 saturated heterocycles. The maximum atomic E-state index is 12.5. The second-order valence-corrected chi connectivity index (χ2v) is 5.94. The van der Waals surface area contributed by atoms with Crippen molar-refractivity contribution in [2.45, 2.75) is 6.42 Å². The number of ketones is 1. The lowest BCUT2D eigenvalue weighted by atomic mass is 10.1. The van der Waals surface area contributed by atoms with Crippen LogP contribution in [-0.4, -0.2) is 18.9 Å². The Morgan fingerprint density at radius 1 is 1.13 bits per heavy atom. The normalized spacial score (nSPS) is 10.5. The fraction of sp³-hybridized carbons (Fsp3) is 0.111. The molecule has 4 nitrogen and oxygen atoms in total. The number of rotatable bonds is 5.